The van der Waals surface area contributed by atoms with E-state index in [4.69, 9.17) is 10.4 Å². The van der Waals surface area contributed by atoms with Crippen LogP contribution < -0.4 is 0 Å². The molecule has 0 aliphatic carbocycles. The topological polar surface area (TPSA) is 78.9 Å². The molecule has 0 spiro atoms. The van der Waals surface area contributed by atoms with Crippen LogP contribution in [0, 0.1) is 11.3 Å². The van der Waals surface area contributed by atoms with E-state index in [1.54, 1.807) is 0 Å². The molecule has 1 aromatic rings. The number of rotatable bonds is 3. The van der Waals surface area contributed by atoms with Gasteiger partial charge in [-0.15, -0.1) is 0 Å². The highest BCUT2D eigenvalue weighted by atomic mass is 16.3. The summed E-state index contributed by atoms with van der Waals surface area (Å²) in [6, 6.07) is 1.89. The number of aliphatic hydroxyl groups is 1. The summed E-state index contributed by atoms with van der Waals surface area (Å²) in [5.74, 6) is 0. The maximum atomic E-state index is 10.0. The Bertz CT molecular complexity index is 313. The molecule has 0 saturated carbocycles. The Morgan fingerprint density at radius 2 is 2.67 bits per heavy atom. The fraction of sp³-hybridized carbons (Fsp3) is 0.286. The summed E-state index contributed by atoms with van der Waals surface area (Å²) in [5.41, 5.74) is 0.410. The average molecular weight is 165 g/mol. The van der Waals surface area contributed by atoms with E-state index in [0.717, 1.165) is 0 Å². The summed E-state index contributed by atoms with van der Waals surface area (Å²) in [6.07, 6.45) is 2.20. The van der Waals surface area contributed by atoms with Crippen molar-refractivity contribution in [3.8, 4) is 6.07 Å². The molecule has 1 aromatic heterocycles. The molecule has 12 heavy (non-hydrogen) atoms. The van der Waals surface area contributed by atoms with Gasteiger partial charge in [-0.2, -0.15) is 10.4 Å². The maximum Gasteiger partial charge on any atom is 0.150 e. The van der Waals surface area contributed by atoms with Crippen molar-refractivity contribution in [3.05, 3.63) is 18.0 Å². The van der Waals surface area contributed by atoms with Crippen molar-refractivity contribution in [2.45, 2.75) is 12.6 Å². The number of aliphatic hydroxyl groups excluding tert-OH is 1. The van der Waals surface area contributed by atoms with E-state index in [2.05, 4.69) is 5.10 Å². The van der Waals surface area contributed by atoms with Gasteiger partial charge in [-0.05, 0) is 0 Å². The highest BCUT2D eigenvalue weighted by Crippen LogP contribution is 1.95. The van der Waals surface area contributed by atoms with Gasteiger partial charge in [0, 0.05) is 6.20 Å². The Labute approximate surface area is 68.8 Å². The van der Waals surface area contributed by atoms with Crippen LogP contribution in [0.1, 0.15) is 5.56 Å². The molecule has 1 atom stereocenters. The van der Waals surface area contributed by atoms with Crippen molar-refractivity contribution in [1.82, 2.24) is 9.78 Å². The molecule has 0 bridgehead atoms. The van der Waals surface area contributed by atoms with Gasteiger partial charge < -0.3 is 9.90 Å². The molecule has 0 aromatic carbocycles. The normalized spacial score (nSPS) is 12.0. The predicted octanol–water partition coefficient (Wildman–Crippen LogP) is -0.685. The number of hydrogen-bond acceptors (Lipinski definition) is 4. The third-order valence-corrected chi connectivity index (χ3v) is 1.29. The first-order valence-electron chi connectivity index (χ1n) is 3.32. The fourth-order valence-corrected chi connectivity index (χ4v) is 0.756. The Balaban J connectivity index is 2.65. The Kier molecular flexibility index (Phi) is 2.56. The van der Waals surface area contributed by atoms with Crippen LogP contribution in [0.4, 0.5) is 0 Å². The Morgan fingerprint density at radius 3 is 3.17 bits per heavy atom. The van der Waals surface area contributed by atoms with Crippen molar-refractivity contribution in [3.63, 3.8) is 0 Å². The van der Waals surface area contributed by atoms with Gasteiger partial charge in [0.25, 0.3) is 0 Å². The number of aromatic nitrogens is 2. The first kappa shape index (κ1) is 8.43. The molecule has 62 valence electrons. The predicted molar refractivity (Wildman–Crippen MR) is 39.0 cm³/mol. The lowest BCUT2D eigenvalue weighted by molar-refractivity contribution is -0.115. The number of hydrogen-bond donors (Lipinski definition) is 1. The van der Waals surface area contributed by atoms with Crippen molar-refractivity contribution < 1.29 is 9.90 Å². The number of nitrogens with zero attached hydrogens (tertiary/aromatic N) is 3. The van der Waals surface area contributed by atoms with Crippen LogP contribution in [0.3, 0.4) is 0 Å². The SMILES string of the molecule is N#Cc1cnn(CC(O)C=O)c1. The van der Waals surface area contributed by atoms with E-state index >= 15 is 0 Å². The van der Waals surface area contributed by atoms with Gasteiger partial charge in [-0.3, -0.25) is 4.68 Å². The Hall–Kier alpha value is -1.67. The smallest absolute Gasteiger partial charge is 0.150 e. The quantitative estimate of drug-likeness (QED) is 0.601. The lowest BCUT2D eigenvalue weighted by atomic mass is 10.4. The maximum absolute atomic E-state index is 10.0. The standard InChI is InChI=1S/C7H7N3O2/c8-1-6-2-9-10(3-6)4-7(12)5-11/h2-3,5,7,12H,4H2. The van der Waals surface area contributed by atoms with Crippen molar-refractivity contribution in [1.29, 1.82) is 5.26 Å². The van der Waals surface area contributed by atoms with E-state index < -0.39 is 6.10 Å². The second kappa shape index (κ2) is 3.64. The molecular formula is C7H7N3O2. The molecule has 1 N–H and O–H groups in total. The lowest BCUT2D eigenvalue weighted by Crippen LogP contribution is -2.17. The third-order valence-electron chi connectivity index (χ3n) is 1.29. The van der Waals surface area contributed by atoms with Gasteiger partial charge >= 0.3 is 0 Å². The van der Waals surface area contributed by atoms with Gasteiger partial charge in [0.15, 0.2) is 0 Å². The van der Waals surface area contributed by atoms with Gasteiger partial charge in [0.05, 0.1) is 18.3 Å². The zero-order chi connectivity index (χ0) is 8.97. The first-order valence-corrected chi connectivity index (χ1v) is 3.32. The van der Waals surface area contributed by atoms with Gasteiger partial charge in [0.2, 0.25) is 0 Å². The molecule has 1 heterocycles. The molecule has 1 unspecified atom stereocenters. The monoisotopic (exact) mass is 165 g/mol. The van der Waals surface area contributed by atoms with Crippen LogP contribution >= 0.6 is 0 Å². The molecule has 1 rings (SSSR count). The summed E-state index contributed by atoms with van der Waals surface area (Å²) in [5, 5.41) is 21.0. The largest absolute Gasteiger partial charge is 0.384 e. The zero-order valence-electron chi connectivity index (χ0n) is 6.21. The highest BCUT2D eigenvalue weighted by molar-refractivity contribution is 5.55. The van der Waals surface area contributed by atoms with Crippen LogP contribution in [0.2, 0.25) is 0 Å². The minimum absolute atomic E-state index is 0.0885. The zero-order valence-corrected chi connectivity index (χ0v) is 6.21. The van der Waals surface area contributed by atoms with Crippen molar-refractivity contribution >= 4 is 6.29 Å². The fourth-order valence-electron chi connectivity index (χ4n) is 0.756. The minimum atomic E-state index is -1.06. The van der Waals surface area contributed by atoms with Crippen molar-refractivity contribution in [2.75, 3.05) is 0 Å². The summed E-state index contributed by atoms with van der Waals surface area (Å²) in [6.45, 7) is 0.0885. The van der Waals surface area contributed by atoms with Crippen molar-refractivity contribution in [2.24, 2.45) is 0 Å². The van der Waals surface area contributed by atoms with Gasteiger partial charge in [-0.25, -0.2) is 0 Å². The molecule has 5 heteroatoms. The minimum Gasteiger partial charge on any atom is -0.384 e. The summed E-state index contributed by atoms with van der Waals surface area (Å²) >= 11 is 0. The summed E-state index contributed by atoms with van der Waals surface area (Å²) < 4.78 is 1.34. The van der Waals surface area contributed by atoms with Gasteiger partial charge in [-0.1, -0.05) is 0 Å². The molecule has 0 saturated heterocycles. The molecule has 0 fully saturated rings. The van der Waals surface area contributed by atoms with Crippen LogP contribution in [0.15, 0.2) is 12.4 Å². The Morgan fingerprint density at radius 1 is 1.92 bits per heavy atom. The lowest BCUT2D eigenvalue weighted by Gasteiger charge is -2.00. The highest BCUT2D eigenvalue weighted by Gasteiger charge is 2.03. The van der Waals surface area contributed by atoms with E-state index in [1.165, 1.54) is 17.1 Å². The second-order valence-electron chi connectivity index (χ2n) is 2.27. The van der Waals surface area contributed by atoms with Gasteiger partial charge in [0.1, 0.15) is 18.5 Å². The van der Waals surface area contributed by atoms with Crippen LogP contribution in [-0.2, 0) is 11.3 Å². The number of aldehydes is 1. The second-order valence-corrected chi connectivity index (χ2v) is 2.27. The molecule has 0 aliphatic heterocycles. The van der Waals surface area contributed by atoms with E-state index in [9.17, 15) is 4.79 Å². The number of nitriles is 1. The summed E-state index contributed by atoms with van der Waals surface area (Å²) in [7, 11) is 0. The van der Waals surface area contributed by atoms with E-state index in [-0.39, 0.29) is 6.54 Å². The summed E-state index contributed by atoms with van der Waals surface area (Å²) in [4.78, 5) is 10.0. The molecular weight excluding hydrogens is 158 g/mol. The average Bonchev–Trinajstić information content (AvgIpc) is 2.52. The van der Waals surface area contributed by atoms with Crippen LogP contribution in [0.5, 0.6) is 0 Å². The van der Waals surface area contributed by atoms with Crippen LogP contribution in [-0.4, -0.2) is 27.3 Å². The van der Waals surface area contributed by atoms with E-state index in [1.807, 2.05) is 6.07 Å². The van der Waals surface area contributed by atoms with E-state index in [0.29, 0.717) is 11.8 Å². The molecule has 0 aliphatic rings. The molecule has 0 radical (unpaired) electrons. The molecule has 5 nitrogen and oxygen atoms in total. The number of carbonyl (C=O) groups is 1. The molecule has 0 amide bonds. The first-order chi connectivity index (χ1) is 5.76. The number of carbonyl (C=O) groups excluding carboxylic acids is 1. The third kappa shape index (κ3) is 1.90. The van der Waals surface area contributed by atoms with Crippen LogP contribution in [0.25, 0.3) is 0 Å².